The van der Waals surface area contributed by atoms with E-state index >= 15 is 0 Å². The molecule has 0 aliphatic rings. The zero-order chi connectivity index (χ0) is 23.3. The minimum absolute atomic E-state index is 0.0825. The van der Waals surface area contributed by atoms with Gasteiger partial charge >= 0.3 is 30.3 Å². The van der Waals surface area contributed by atoms with E-state index < -0.39 is 60.8 Å². The lowest BCUT2D eigenvalue weighted by atomic mass is 9.81. The maximum absolute atomic E-state index is 13.8. The van der Waals surface area contributed by atoms with Gasteiger partial charge in [0.2, 0.25) is 0 Å². The van der Waals surface area contributed by atoms with Gasteiger partial charge in [0.25, 0.3) is 5.54 Å². The van der Waals surface area contributed by atoms with Crippen LogP contribution >= 0.6 is 0 Å². The van der Waals surface area contributed by atoms with Gasteiger partial charge in [0.05, 0.1) is 13.2 Å². The van der Waals surface area contributed by atoms with Crippen molar-refractivity contribution < 1.29 is 54.7 Å². The second-order valence-corrected chi connectivity index (χ2v) is 5.64. The number of ether oxygens (including phenoxy) is 2. The molecule has 0 aliphatic heterocycles. The van der Waals surface area contributed by atoms with Crippen molar-refractivity contribution in [3.8, 4) is 0 Å². The number of carbonyl (C=O) groups excluding carboxylic acids is 3. The molecular formula is C15H17F6N3O6. The smallest absolute Gasteiger partial charge is 0.422 e. The fourth-order valence-electron chi connectivity index (χ4n) is 2.35. The normalized spacial score (nSPS) is 12.5. The minimum atomic E-state index is -6.38. The number of alkyl halides is 6. The number of hydrogen-bond donors (Lipinski definition) is 2. The quantitative estimate of drug-likeness (QED) is 0.373. The van der Waals surface area contributed by atoms with Gasteiger partial charge in [0, 0.05) is 6.07 Å². The average molecular weight is 449 g/mol. The summed E-state index contributed by atoms with van der Waals surface area (Å²) >= 11 is 0. The number of aromatic nitrogens is 1. The van der Waals surface area contributed by atoms with Crippen LogP contribution in [0.15, 0.2) is 10.6 Å². The molecule has 170 valence electrons. The van der Waals surface area contributed by atoms with Crippen molar-refractivity contribution in [2.75, 3.05) is 18.5 Å². The number of urea groups is 1. The molecule has 0 atom stereocenters. The van der Waals surface area contributed by atoms with Crippen molar-refractivity contribution in [1.29, 1.82) is 0 Å². The second-order valence-electron chi connectivity index (χ2n) is 5.64. The zero-order valence-electron chi connectivity index (χ0n) is 15.7. The topological polar surface area (TPSA) is 120 Å². The number of anilines is 1. The molecule has 9 nitrogen and oxygen atoms in total. The molecule has 1 heterocycles. The molecule has 0 unspecified atom stereocenters. The van der Waals surface area contributed by atoms with Crippen LogP contribution in [0.2, 0.25) is 0 Å². The lowest BCUT2D eigenvalue weighted by Gasteiger charge is -2.40. The van der Waals surface area contributed by atoms with E-state index in [0.29, 0.717) is 5.32 Å². The summed E-state index contributed by atoms with van der Waals surface area (Å²) in [6.45, 7) is 2.23. The number of amides is 2. The Morgan fingerprint density at radius 3 is 1.83 bits per heavy atom. The van der Waals surface area contributed by atoms with E-state index in [-0.39, 0.29) is 5.76 Å². The first-order chi connectivity index (χ1) is 13.7. The van der Waals surface area contributed by atoms with E-state index in [0.717, 1.165) is 19.9 Å². The minimum Gasteiger partial charge on any atom is -0.465 e. The molecule has 2 N–H and O–H groups in total. The maximum Gasteiger partial charge on any atom is 0.422 e. The van der Waals surface area contributed by atoms with Crippen molar-refractivity contribution in [2.24, 2.45) is 5.92 Å². The number of nitrogens with one attached hydrogen (secondary N) is 2. The number of nitrogens with zero attached hydrogens (tertiary/aromatic N) is 1. The monoisotopic (exact) mass is 449 g/mol. The fourth-order valence-corrected chi connectivity index (χ4v) is 2.35. The molecule has 0 spiro atoms. The van der Waals surface area contributed by atoms with Gasteiger partial charge in [-0.05, 0) is 20.8 Å². The lowest BCUT2D eigenvalue weighted by molar-refractivity contribution is -0.317. The summed E-state index contributed by atoms with van der Waals surface area (Å²) in [7, 11) is 0. The molecule has 1 aromatic heterocycles. The first-order valence-corrected chi connectivity index (χ1v) is 8.20. The molecular weight excluding hydrogens is 432 g/mol. The third-order valence-corrected chi connectivity index (χ3v) is 3.55. The highest BCUT2D eigenvalue weighted by molar-refractivity contribution is 5.98. The van der Waals surface area contributed by atoms with Gasteiger partial charge in [-0.1, -0.05) is 5.16 Å². The van der Waals surface area contributed by atoms with Gasteiger partial charge in [-0.3, -0.25) is 14.9 Å². The fraction of sp³-hybridized carbons (Fsp3) is 0.600. The maximum atomic E-state index is 13.8. The largest absolute Gasteiger partial charge is 0.465 e. The molecule has 0 aromatic carbocycles. The Kier molecular flexibility index (Phi) is 7.69. The average Bonchev–Trinajstić information content (AvgIpc) is 2.97. The van der Waals surface area contributed by atoms with E-state index in [9.17, 15) is 40.7 Å². The Bertz CT molecular complexity index is 744. The van der Waals surface area contributed by atoms with Crippen LogP contribution in [0.25, 0.3) is 0 Å². The summed E-state index contributed by atoms with van der Waals surface area (Å²) in [4.78, 5) is 36.0. The van der Waals surface area contributed by atoms with Gasteiger partial charge in [0.15, 0.2) is 11.7 Å². The van der Waals surface area contributed by atoms with E-state index in [2.05, 4.69) is 19.2 Å². The summed E-state index contributed by atoms with van der Waals surface area (Å²) in [5.41, 5.74) is -5.37. The van der Waals surface area contributed by atoms with Crippen molar-refractivity contribution >= 4 is 23.8 Å². The van der Waals surface area contributed by atoms with Gasteiger partial charge in [-0.15, -0.1) is 0 Å². The Morgan fingerprint density at radius 1 is 1.03 bits per heavy atom. The third-order valence-electron chi connectivity index (χ3n) is 3.55. The Hall–Kier alpha value is -3.00. The Labute approximate surface area is 165 Å². The van der Waals surface area contributed by atoms with Crippen LogP contribution in [0, 0.1) is 12.8 Å². The number of aryl methyl sites for hydroxylation is 1. The van der Waals surface area contributed by atoms with Crippen LogP contribution in [0.3, 0.4) is 0 Å². The summed E-state index contributed by atoms with van der Waals surface area (Å²) < 4.78 is 95.9. The van der Waals surface area contributed by atoms with Crippen LogP contribution in [0.5, 0.6) is 0 Å². The Morgan fingerprint density at radius 2 is 1.50 bits per heavy atom. The number of rotatable bonds is 7. The highest BCUT2D eigenvalue weighted by Gasteiger charge is 2.79. The van der Waals surface area contributed by atoms with E-state index in [1.807, 2.05) is 0 Å². The van der Waals surface area contributed by atoms with Gasteiger partial charge < -0.3 is 19.3 Å². The molecule has 1 rings (SSSR count). The molecule has 0 saturated heterocycles. The van der Waals surface area contributed by atoms with Crippen molar-refractivity contribution in [3.05, 3.63) is 11.8 Å². The second kappa shape index (κ2) is 9.21. The van der Waals surface area contributed by atoms with Crippen LogP contribution < -0.4 is 10.6 Å². The number of esters is 2. The number of carbonyl (C=O) groups is 3. The van der Waals surface area contributed by atoms with E-state index in [1.54, 1.807) is 5.32 Å². The highest BCUT2D eigenvalue weighted by atomic mass is 19.4. The van der Waals surface area contributed by atoms with Gasteiger partial charge in [0.1, 0.15) is 5.76 Å². The molecule has 0 bridgehead atoms. The highest BCUT2D eigenvalue weighted by Crippen LogP contribution is 2.48. The summed E-state index contributed by atoms with van der Waals surface area (Å²) in [5.74, 6) is -8.46. The zero-order valence-corrected chi connectivity index (χ0v) is 15.7. The molecule has 30 heavy (non-hydrogen) atoms. The van der Waals surface area contributed by atoms with Crippen molar-refractivity contribution in [2.45, 2.75) is 38.7 Å². The molecule has 1 aromatic rings. The van der Waals surface area contributed by atoms with Gasteiger partial charge in [-0.25, -0.2) is 4.79 Å². The molecule has 0 fully saturated rings. The molecule has 15 heteroatoms. The van der Waals surface area contributed by atoms with Crippen LogP contribution in [0.4, 0.5) is 37.0 Å². The lowest BCUT2D eigenvalue weighted by Crippen LogP contribution is -2.74. The van der Waals surface area contributed by atoms with Crippen LogP contribution in [-0.4, -0.2) is 54.2 Å². The van der Waals surface area contributed by atoms with E-state index in [4.69, 9.17) is 0 Å². The predicted molar refractivity (Wildman–Crippen MR) is 85.0 cm³/mol. The third kappa shape index (κ3) is 5.13. The first-order valence-electron chi connectivity index (χ1n) is 8.20. The Balaban J connectivity index is 3.58. The van der Waals surface area contributed by atoms with E-state index in [1.165, 1.54) is 6.92 Å². The SMILES string of the molecule is CCOC(=O)C(C(=O)OCC)C(NC(=O)Nc1cc(C)on1)(C(F)(F)F)C(F)(F)F. The standard InChI is InChI=1S/C15H17F6N3O6/c1-4-28-10(25)9(11(26)29-5-2)13(14(16,17)18,15(19,20)21)23-12(27)22-8-6-7(3)30-24-8/h6,9H,4-5H2,1-3H3,(H2,22,23,24,27). The number of hydrogen-bond acceptors (Lipinski definition) is 7. The molecule has 2 amide bonds. The summed E-state index contributed by atoms with van der Waals surface area (Å²) in [6, 6.07) is -1.08. The van der Waals surface area contributed by atoms with Gasteiger partial charge in [-0.2, -0.15) is 26.3 Å². The predicted octanol–water partition coefficient (Wildman–Crippen LogP) is 2.71. The molecule has 0 aliphatic carbocycles. The van der Waals surface area contributed by atoms with Crippen LogP contribution in [0.1, 0.15) is 19.6 Å². The summed E-state index contributed by atoms with van der Waals surface area (Å²) in [5, 5.41) is 5.45. The summed E-state index contributed by atoms with van der Waals surface area (Å²) in [6.07, 6.45) is -12.8. The van der Waals surface area contributed by atoms with Crippen molar-refractivity contribution in [3.63, 3.8) is 0 Å². The molecule has 0 saturated carbocycles. The first kappa shape index (κ1) is 25.0. The van der Waals surface area contributed by atoms with Crippen LogP contribution in [-0.2, 0) is 19.1 Å². The molecule has 0 radical (unpaired) electrons. The number of halogens is 6. The van der Waals surface area contributed by atoms with Crippen molar-refractivity contribution in [1.82, 2.24) is 10.5 Å².